The summed E-state index contributed by atoms with van der Waals surface area (Å²) in [5.41, 5.74) is 10.5. The molecular formula is C3H12N2O2Si. The van der Waals surface area contributed by atoms with Crippen LogP contribution in [-0.4, -0.2) is 29.3 Å². The minimum atomic E-state index is -1.71. The SMILES string of the molecule is CO[SiH](OC)C(N)N. The predicted octanol–water partition coefficient (Wildman–Crippen LogP) is -1.72. The first-order chi connectivity index (χ1) is 3.72. The van der Waals surface area contributed by atoms with Gasteiger partial charge in [-0.05, 0) is 0 Å². The smallest absolute Gasteiger partial charge is 0.353 e. The van der Waals surface area contributed by atoms with Gasteiger partial charge in [-0.15, -0.1) is 0 Å². The lowest BCUT2D eigenvalue weighted by Gasteiger charge is -2.13. The normalized spacial score (nSPS) is 11.2. The highest BCUT2D eigenvalue weighted by Crippen LogP contribution is 1.82. The van der Waals surface area contributed by atoms with Gasteiger partial charge in [-0.25, -0.2) is 0 Å². The summed E-state index contributed by atoms with van der Waals surface area (Å²) in [6.07, 6.45) is 0. The zero-order valence-corrected chi connectivity index (χ0v) is 6.28. The van der Waals surface area contributed by atoms with Crippen LogP contribution in [0.3, 0.4) is 0 Å². The molecule has 0 aromatic rings. The maximum Gasteiger partial charge on any atom is 0.353 e. The first-order valence-electron chi connectivity index (χ1n) is 2.29. The molecule has 0 aliphatic carbocycles. The molecule has 4 N–H and O–H groups in total. The van der Waals surface area contributed by atoms with Crippen molar-refractivity contribution in [2.24, 2.45) is 11.5 Å². The summed E-state index contributed by atoms with van der Waals surface area (Å²) < 4.78 is 9.66. The van der Waals surface area contributed by atoms with Gasteiger partial charge in [-0.2, -0.15) is 0 Å². The van der Waals surface area contributed by atoms with Crippen LogP contribution in [0.5, 0.6) is 0 Å². The molecule has 0 amide bonds. The molecule has 8 heavy (non-hydrogen) atoms. The summed E-state index contributed by atoms with van der Waals surface area (Å²) in [5, 5.41) is 0. The molecule has 0 saturated heterocycles. The van der Waals surface area contributed by atoms with Crippen molar-refractivity contribution in [2.45, 2.75) is 5.79 Å². The molecule has 0 radical (unpaired) electrons. The van der Waals surface area contributed by atoms with Crippen molar-refractivity contribution in [3.05, 3.63) is 0 Å². The largest absolute Gasteiger partial charge is 0.398 e. The van der Waals surface area contributed by atoms with Crippen LogP contribution in [0.1, 0.15) is 0 Å². The topological polar surface area (TPSA) is 70.5 Å². The van der Waals surface area contributed by atoms with Gasteiger partial charge >= 0.3 is 9.28 Å². The first kappa shape index (κ1) is 8.06. The minimum absolute atomic E-state index is 0.426. The predicted molar refractivity (Wildman–Crippen MR) is 33.3 cm³/mol. The Balaban J connectivity index is 3.35. The highest BCUT2D eigenvalue weighted by atomic mass is 28.3. The second kappa shape index (κ2) is 3.99. The van der Waals surface area contributed by atoms with Gasteiger partial charge in [0.2, 0.25) is 0 Å². The van der Waals surface area contributed by atoms with Crippen LogP contribution in [-0.2, 0) is 8.85 Å². The lowest BCUT2D eigenvalue weighted by molar-refractivity contribution is 0.267. The van der Waals surface area contributed by atoms with Gasteiger partial charge in [0.05, 0.1) is 5.79 Å². The van der Waals surface area contributed by atoms with Crippen LogP contribution in [0.25, 0.3) is 0 Å². The number of rotatable bonds is 3. The average molecular weight is 136 g/mol. The van der Waals surface area contributed by atoms with Crippen LogP contribution < -0.4 is 11.5 Å². The lowest BCUT2D eigenvalue weighted by Crippen LogP contribution is -2.48. The maximum absolute atomic E-state index is 5.25. The molecule has 0 spiro atoms. The fourth-order valence-corrected chi connectivity index (χ4v) is 1.23. The van der Waals surface area contributed by atoms with E-state index in [1.807, 2.05) is 0 Å². The molecule has 0 aliphatic rings. The fourth-order valence-electron chi connectivity index (χ4n) is 0.410. The van der Waals surface area contributed by atoms with Crippen LogP contribution in [0.4, 0.5) is 0 Å². The Morgan fingerprint density at radius 2 is 1.62 bits per heavy atom. The highest BCUT2D eigenvalue weighted by molar-refractivity contribution is 6.46. The Morgan fingerprint density at radius 1 is 1.25 bits per heavy atom. The summed E-state index contributed by atoms with van der Waals surface area (Å²) in [6.45, 7) is 0. The quantitative estimate of drug-likeness (QED) is 0.358. The Morgan fingerprint density at radius 3 is 1.62 bits per heavy atom. The van der Waals surface area contributed by atoms with Gasteiger partial charge in [-0.3, -0.25) is 0 Å². The molecule has 0 heterocycles. The molecule has 0 rings (SSSR count). The Labute approximate surface area is 50.6 Å². The molecular weight excluding hydrogens is 124 g/mol. The van der Waals surface area contributed by atoms with E-state index in [0.29, 0.717) is 0 Å². The van der Waals surface area contributed by atoms with Gasteiger partial charge < -0.3 is 20.3 Å². The van der Waals surface area contributed by atoms with Gasteiger partial charge in [0.1, 0.15) is 0 Å². The number of nitrogens with two attached hydrogens (primary N) is 2. The van der Waals surface area contributed by atoms with Crippen molar-refractivity contribution >= 4 is 9.28 Å². The number of hydrogen-bond donors (Lipinski definition) is 2. The minimum Gasteiger partial charge on any atom is -0.398 e. The lowest BCUT2D eigenvalue weighted by atomic mass is 11.2. The van der Waals surface area contributed by atoms with Gasteiger partial charge in [0, 0.05) is 14.2 Å². The molecule has 0 aliphatic heterocycles. The van der Waals surface area contributed by atoms with E-state index in [0.717, 1.165) is 0 Å². The van der Waals surface area contributed by atoms with Crippen LogP contribution in [0, 0.1) is 0 Å². The van der Waals surface area contributed by atoms with E-state index < -0.39 is 15.1 Å². The van der Waals surface area contributed by atoms with Crippen molar-refractivity contribution in [3.63, 3.8) is 0 Å². The summed E-state index contributed by atoms with van der Waals surface area (Å²) in [5.74, 6) is -0.426. The van der Waals surface area contributed by atoms with Crippen molar-refractivity contribution in [1.29, 1.82) is 0 Å². The van der Waals surface area contributed by atoms with E-state index in [4.69, 9.17) is 20.3 Å². The average Bonchev–Trinajstić information content (AvgIpc) is 1.69. The monoisotopic (exact) mass is 136 g/mol. The zero-order valence-electron chi connectivity index (χ0n) is 5.13. The van der Waals surface area contributed by atoms with Crippen LogP contribution in [0.15, 0.2) is 0 Å². The summed E-state index contributed by atoms with van der Waals surface area (Å²) in [6, 6.07) is 0. The third-order valence-electron chi connectivity index (χ3n) is 0.779. The first-order valence-corrected chi connectivity index (χ1v) is 3.90. The van der Waals surface area contributed by atoms with Crippen molar-refractivity contribution < 1.29 is 8.85 Å². The molecule has 0 bridgehead atoms. The second-order valence-corrected chi connectivity index (χ2v) is 3.87. The summed E-state index contributed by atoms with van der Waals surface area (Å²) in [4.78, 5) is 0. The highest BCUT2D eigenvalue weighted by Gasteiger charge is 2.14. The van der Waals surface area contributed by atoms with E-state index in [1.165, 1.54) is 0 Å². The van der Waals surface area contributed by atoms with E-state index >= 15 is 0 Å². The van der Waals surface area contributed by atoms with Gasteiger partial charge in [0.25, 0.3) is 0 Å². The second-order valence-electron chi connectivity index (χ2n) is 1.42. The molecule has 5 heteroatoms. The molecule has 0 unspecified atom stereocenters. The van der Waals surface area contributed by atoms with Crippen LogP contribution >= 0.6 is 0 Å². The van der Waals surface area contributed by atoms with Gasteiger partial charge in [-0.1, -0.05) is 0 Å². The van der Waals surface area contributed by atoms with E-state index in [-0.39, 0.29) is 0 Å². The molecule has 0 aromatic heterocycles. The summed E-state index contributed by atoms with van der Waals surface area (Å²) in [7, 11) is 1.39. The molecule has 0 atom stereocenters. The van der Waals surface area contributed by atoms with Crippen molar-refractivity contribution in [1.82, 2.24) is 0 Å². The van der Waals surface area contributed by atoms with Crippen molar-refractivity contribution in [3.8, 4) is 0 Å². The standard InChI is InChI=1S/C3H12N2O2Si/c1-6-8(7-2)3(4)5/h3,8H,4-5H2,1-2H3. The Hall–Kier alpha value is 0.0569. The fraction of sp³-hybridized carbons (Fsp3) is 1.00. The van der Waals surface area contributed by atoms with Gasteiger partial charge in [0.15, 0.2) is 0 Å². The summed E-state index contributed by atoms with van der Waals surface area (Å²) >= 11 is 0. The van der Waals surface area contributed by atoms with Crippen LogP contribution in [0.2, 0.25) is 0 Å². The number of hydrogen-bond acceptors (Lipinski definition) is 4. The Bertz CT molecular complexity index is 57.2. The maximum atomic E-state index is 5.25. The van der Waals surface area contributed by atoms with E-state index in [2.05, 4.69) is 0 Å². The Kier molecular flexibility index (Phi) is 4.02. The van der Waals surface area contributed by atoms with Crippen molar-refractivity contribution in [2.75, 3.05) is 14.2 Å². The molecule has 50 valence electrons. The third-order valence-corrected chi connectivity index (χ3v) is 2.34. The molecule has 0 saturated carbocycles. The molecule has 0 fully saturated rings. The zero-order chi connectivity index (χ0) is 6.57. The molecule has 0 aromatic carbocycles. The molecule has 4 nitrogen and oxygen atoms in total. The van der Waals surface area contributed by atoms with E-state index in [1.54, 1.807) is 14.2 Å². The third kappa shape index (κ3) is 2.39. The van der Waals surface area contributed by atoms with E-state index in [9.17, 15) is 0 Å².